The molecule has 2 aromatic rings. The van der Waals surface area contributed by atoms with Crippen LogP contribution < -0.4 is 9.46 Å². The highest BCUT2D eigenvalue weighted by atomic mass is 32.2. The van der Waals surface area contributed by atoms with E-state index in [1.165, 1.54) is 5.56 Å². The number of anilines is 1. The summed E-state index contributed by atoms with van der Waals surface area (Å²) in [4.78, 5) is 15.3. The van der Waals surface area contributed by atoms with E-state index in [0.717, 1.165) is 54.8 Å². The molecule has 3 aliphatic rings. The summed E-state index contributed by atoms with van der Waals surface area (Å²) in [5, 5.41) is 0. The second-order valence-electron chi connectivity index (χ2n) is 8.08. The largest absolute Gasteiger partial charge is 0.497 e. The predicted molar refractivity (Wildman–Crippen MR) is 112 cm³/mol. The van der Waals surface area contributed by atoms with Crippen molar-refractivity contribution < 1.29 is 22.7 Å². The van der Waals surface area contributed by atoms with Gasteiger partial charge in [0.05, 0.1) is 18.8 Å². The number of ether oxygens (including phenoxy) is 1. The lowest BCUT2D eigenvalue weighted by molar-refractivity contribution is -0.149. The van der Waals surface area contributed by atoms with Gasteiger partial charge in [-0.15, -0.1) is 0 Å². The van der Waals surface area contributed by atoms with Crippen LogP contribution in [0.5, 0.6) is 5.75 Å². The molecule has 0 spiro atoms. The van der Waals surface area contributed by atoms with Gasteiger partial charge in [-0.3, -0.25) is 4.79 Å². The molecule has 3 unspecified atom stereocenters. The van der Waals surface area contributed by atoms with Gasteiger partial charge in [-0.25, -0.2) is 17.5 Å². The minimum atomic E-state index is -1.51. The molecule has 164 valence electrons. The minimum Gasteiger partial charge on any atom is -0.497 e. The lowest BCUT2D eigenvalue weighted by Gasteiger charge is -2.54. The van der Waals surface area contributed by atoms with Gasteiger partial charge in [-0.1, -0.05) is 6.07 Å². The van der Waals surface area contributed by atoms with Gasteiger partial charge in [-0.2, -0.15) is 0 Å². The van der Waals surface area contributed by atoms with E-state index < -0.39 is 17.5 Å². The summed E-state index contributed by atoms with van der Waals surface area (Å²) in [6.45, 7) is 0.653. The lowest BCUT2D eigenvalue weighted by atomic mass is 9.80. The first-order chi connectivity index (χ1) is 15.0. The number of methoxy groups -OCH3 is 1. The first-order valence-corrected chi connectivity index (χ1v) is 11.1. The number of hydrogen-bond acceptors (Lipinski definition) is 5. The molecule has 31 heavy (non-hydrogen) atoms. The van der Waals surface area contributed by atoms with Crippen LogP contribution in [0.2, 0.25) is 0 Å². The van der Waals surface area contributed by atoms with E-state index in [9.17, 15) is 18.0 Å². The zero-order chi connectivity index (χ0) is 21.7. The Morgan fingerprint density at radius 3 is 2.77 bits per heavy atom. The molecular weight excluding hydrogens is 427 g/mol. The van der Waals surface area contributed by atoms with Crippen LogP contribution in [0.4, 0.5) is 18.9 Å². The van der Waals surface area contributed by atoms with Gasteiger partial charge >= 0.3 is 0 Å². The van der Waals surface area contributed by atoms with Crippen molar-refractivity contribution in [3.63, 3.8) is 0 Å². The summed E-state index contributed by atoms with van der Waals surface area (Å²) in [5.74, 6) is -3.16. The Bertz CT molecular complexity index is 1040. The molecule has 0 aliphatic carbocycles. The van der Waals surface area contributed by atoms with Gasteiger partial charge in [-0.05, 0) is 61.1 Å². The number of nitrogens with one attached hydrogen (secondary N) is 1. The fraction of sp³-hybridized carbons (Fsp3) is 0.409. The molecule has 0 radical (unpaired) electrons. The van der Waals surface area contributed by atoms with E-state index in [0.29, 0.717) is 13.0 Å². The molecule has 2 fully saturated rings. The van der Waals surface area contributed by atoms with Crippen molar-refractivity contribution in [3.8, 4) is 5.75 Å². The molecule has 0 saturated carbocycles. The molecule has 2 bridgehead atoms. The van der Waals surface area contributed by atoms with Crippen LogP contribution >= 0.6 is 12.1 Å². The van der Waals surface area contributed by atoms with Crippen molar-refractivity contribution in [2.45, 2.75) is 43.8 Å². The van der Waals surface area contributed by atoms with Crippen LogP contribution in [-0.2, 0) is 11.2 Å². The van der Waals surface area contributed by atoms with Crippen LogP contribution in [0.1, 0.15) is 36.4 Å². The van der Waals surface area contributed by atoms with Gasteiger partial charge < -0.3 is 14.4 Å². The SMILES string of the molecule is COc1ccc2c(c1)CCN1C(=O)C3CCCC(C21)N3SNc1ccc(F)c(F)c1F. The third-order valence-electron chi connectivity index (χ3n) is 6.47. The molecule has 2 saturated heterocycles. The third kappa shape index (κ3) is 3.34. The first-order valence-electron chi connectivity index (χ1n) is 10.3. The quantitative estimate of drug-likeness (QED) is 0.552. The summed E-state index contributed by atoms with van der Waals surface area (Å²) in [6, 6.07) is 7.59. The van der Waals surface area contributed by atoms with Gasteiger partial charge in [0.25, 0.3) is 0 Å². The molecule has 3 heterocycles. The average Bonchev–Trinajstić information content (AvgIpc) is 2.79. The Hall–Kier alpha value is -2.39. The molecule has 5 nitrogen and oxygen atoms in total. The van der Waals surface area contributed by atoms with Gasteiger partial charge in [0.2, 0.25) is 5.91 Å². The Morgan fingerprint density at radius 2 is 1.97 bits per heavy atom. The number of rotatable bonds is 4. The molecule has 0 aromatic heterocycles. The Morgan fingerprint density at radius 1 is 1.13 bits per heavy atom. The number of nitrogens with zero attached hydrogens (tertiary/aromatic N) is 2. The van der Waals surface area contributed by atoms with Gasteiger partial charge in [0.15, 0.2) is 17.5 Å². The van der Waals surface area contributed by atoms with Crippen molar-refractivity contribution in [1.82, 2.24) is 9.21 Å². The minimum absolute atomic E-state index is 0.0229. The Balaban J connectivity index is 1.45. The molecule has 9 heteroatoms. The predicted octanol–water partition coefficient (Wildman–Crippen LogP) is 4.45. The lowest BCUT2D eigenvalue weighted by Crippen LogP contribution is -2.64. The van der Waals surface area contributed by atoms with E-state index in [1.54, 1.807) is 7.11 Å². The number of fused-ring (bicyclic) bond motifs is 6. The summed E-state index contributed by atoms with van der Waals surface area (Å²) in [6.07, 6.45) is 3.29. The van der Waals surface area contributed by atoms with E-state index in [-0.39, 0.29) is 29.7 Å². The number of carbonyl (C=O) groups is 1. The molecular formula is C22H22F3N3O2S. The normalized spacial score (nSPS) is 25.1. The van der Waals surface area contributed by atoms with Crippen LogP contribution in [0, 0.1) is 17.5 Å². The summed E-state index contributed by atoms with van der Waals surface area (Å²) >= 11 is 1.10. The maximum Gasteiger partial charge on any atom is 0.241 e. The van der Waals surface area contributed by atoms with Crippen molar-refractivity contribution >= 4 is 23.7 Å². The summed E-state index contributed by atoms with van der Waals surface area (Å²) in [7, 11) is 1.63. The zero-order valence-corrected chi connectivity index (χ0v) is 17.7. The van der Waals surface area contributed by atoms with Crippen LogP contribution in [0.25, 0.3) is 0 Å². The van der Waals surface area contributed by atoms with Crippen LogP contribution in [0.15, 0.2) is 30.3 Å². The summed E-state index contributed by atoms with van der Waals surface area (Å²) < 4.78 is 51.1. The molecule has 1 amide bonds. The highest BCUT2D eigenvalue weighted by Crippen LogP contribution is 2.47. The molecule has 1 N–H and O–H groups in total. The number of piperidine rings is 1. The topological polar surface area (TPSA) is 44.8 Å². The number of carbonyl (C=O) groups excluding carboxylic acids is 1. The first kappa shape index (κ1) is 20.5. The highest BCUT2D eigenvalue weighted by molar-refractivity contribution is 7.98. The maximum absolute atomic E-state index is 14.1. The fourth-order valence-electron chi connectivity index (χ4n) is 4.99. The smallest absolute Gasteiger partial charge is 0.241 e. The highest BCUT2D eigenvalue weighted by Gasteiger charge is 2.51. The van der Waals surface area contributed by atoms with E-state index in [4.69, 9.17) is 4.74 Å². The monoisotopic (exact) mass is 449 g/mol. The Labute approximate surface area is 182 Å². The maximum atomic E-state index is 14.1. The molecule has 2 aromatic carbocycles. The van der Waals surface area contributed by atoms with Crippen molar-refractivity contribution in [1.29, 1.82) is 0 Å². The van der Waals surface area contributed by atoms with E-state index >= 15 is 0 Å². The molecule has 5 rings (SSSR count). The van der Waals surface area contributed by atoms with Gasteiger partial charge in [0, 0.05) is 24.7 Å². The fourth-order valence-corrected chi connectivity index (χ4v) is 6.03. The van der Waals surface area contributed by atoms with Crippen LogP contribution in [-0.4, -0.2) is 40.9 Å². The van der Waals surface area contributed by atoms with Crippen molar-refractivity contribution in [3.05, 3.63) is 58.9 Å². The number of piperazine rings is 1. The van der Waals surface area contributed by atoms with Gasteiger partial charge in [0.1, 0.15) is 11.8 Å². The van der Waals surface area contributed by atoms with E-state index in [1.807, 2.05) is 27.4 Å². The third-order valence-corrected chi connectivity index (χ3v) is 7.51. The summed E-state index contributed by atoms with van der Waals surface area (Å²) in [5.41, 5.74) is 2.13. The number of hydrogen-bond donors (Lipinski definition) is 1. The molecule has 3 atom stereocenters. The standard InChI is InChI=1S/C22H22F3N3O2S/c1-30-13-5-6-14-12(11-13)9-10-27-21(14)17-3-2-4-18(22(27)29)28(17)31-26-16-8-7-15(23)19(24)20(16)25/h5-8,11,17-18,21,26H,2-4,9-10H2,1H3. The average molecular weight is 449 g/mol. The number of benzene rings is 2. The van der Waals surface area contributed by atoms with Crippen molar-refractivity contribution in [2.75, 3.05) is 18.4 Å². The second-order valence-corrected chi connectivity index (χ2v) is 8.89. The second kappa shape index (κ2) is 7.94. The molecule has 3 aliphatic heterocycles. The Kier molecular flexibility index (Phi) is 5.26. The van der Waals surface area contributed by atoms with Crippen molar-refractivity contribution in [2.24, 2.45) is 0 Å². The van der Waals surface area contributed by atoms with E-state index in [2.05, 4.69) is 4.72 Å². The van der Waals surface area contributed by atoms with Crippen LogP contribution in [0.3, 0.4) is 0 Å². The zero-order valence-electron chi connectivity index (χ0n) is 16.9. The number of halogens is 3. The number of amides is 1.